The fraction of sp³-hybridized carbons (Fsp3) is 0.900. The molecule has 0 spiro atoms. The zero-order valence-corrected chi connectivity index (χ0v) is 11.1. The second kappa shape index (κ2) is 6.72. The topological polar surface area (TPSA) is 20.3 Å². The third-order valence-corrected chi connectivity index (χ3v) is 4.01. The van der Waals surface area contributed by atoms with Crippen LogP contribution in [0, 0.1) is 0 Å². The highest BCUT2D eigenvalue weighted by molar-refractivity contribution is 9.09. The van der Waals surface area contributed by atoms with Crippen molar-refractivity contribution in [1.82, 2.24) is 4.90 Å². The number of thioether (sulfide) groups is 1. The van der Waals surface area contributed by atoms with Gasteiger partial charge in [-0.15, -0.1) is 0 Å². The number of nitrogens with zero attached hydrogens (tertiary/aromatic N) is 1. The molecule has 1 aliphatic heterocycles. The van der Waals surface area contributed by atoms with Crippen LogP contribution in [0.5, 0.6) is 0 Å². The molecule has 0 bridgehead atoms. The molecule has 1 amide bonds. The number of halogens is 1. The summed E-state index contributed by atoms with van der Waals surface area (Å²) in [5.41, 5.74) is 0. The lowest BCUT2D eigenvalue weighted by molar-refractivity contribution is -0.133. The maximum absolute atomic E-state index is 11.8. The Kier molecular flexibility index (Phi) is 5.94. The zero-order chi connectivity index (χ0) is 10.4. The van der Waals surface area contributed by atoms with Gasteiger partial charge < -0.3 is 4.90 Å². The summed E-state index contributed by atoms with van der Waals surface area (Å²) in [6, 6.07) is 0.443. The fourth-order valence-corrected chi connectivity index (χ4v) is 2.87. The lowest BCUT2D eigenvalue weighted by atomic mass is 10.0. The van der Waals surface area contributed by atoms with E-state index < -0.39 is 0 Å². The van der Waals surface area contributed by atoms with Crippen molar-refractivity contribution in [1.29, 1.82) is 0 Å². The summed E-state index contributed by atoms with van der Waals surface area (Å²) in [6.07, 6.45) is 6.35. The number of alkyl halides is 1. The standard InChI is InChI=1S/C10H18BrNOS/c1-14-7-5-10(13)12-6-3-2-4-9(12)8-11/h9H,2-8H2,1H3. The lowest BCUT2D eigenvalue weighted by Gasteiger charge is -2.34. The van der Waals surface area contributed by atoms with Crippen LogP contribution in [-0.2, 0) is 4.79 Å². The van der Waals surface area contributed by atoms with Crippen LogP contribution in [0.15, 0.2) is 0 Å². The fourth-order valence-electron chi connectivity index (χ4n) is 1.82. The molecule has 0 N–H and O–H groups in total. The first-order chi connectivity index (χ1) is 6.79. The molecule has 0 saturated carbocycles. The smallest absolute Gasteiger partial charge is 0.223 e. The quantitative estimate of drug-likeness (QED) is 0.737. The van der Waals surface area contributed by atoms with Crippen LogP contribution >= 0.6 is 27.7 Å². The number of rotatable bonds is 4. The lowest BCUT2D eigenvalue weighted by Crippen LogP contribution is -2.44. The first-order valence-corrected chi connectivity index (χ1v) is 7.65. The van der Waals surface area contributed by atoms with Crippen molar-refractivity contribution in [3.05, 3.63) is 0 Å². The van der Waals surface area contributed by atoms with Crippen LogP contribution in [0.3, 0.4) is 0 Å². The molecule has 1 saturated heterocycles. The summed E-state index contributed by atoms with van der Waals surface area (Å²) >= 11 is 5.23. The first kappa shape index (κ1) is 12.4. The predicted octanol–water partition coefficient (Wildman–Crippen LogP) is 2.52. The van der Waals surface area contributed by atoms with E-state index in [2.05, 4.69) is 20.8 Å². The molecule has 4 heteroatoms. The summed E-state index contributed by atoms with van der Waals surface area (Å²) in [4.78, 5) is 13.9. The summed E-state index contributed by atoms with van der Waals surface area (Å²) in [7, 11) is 0. The van der Waals surface area contributed by atoms with Gasteiger partial charge in [0, 0.05) is 30.1 Å². The van der Waals surface area contributed by atoms with Crippen molar-refractivity contribution in [2.75, 3.05) is 23.9 Å². The van der Waals surface area contributed by atoms with E-state index in [4.69, 9.17) is 0 Å². The molecule has 82 valence electrons. The van der Waals surface area contributed by atoms with Gasteiger partial charge in [0.15, 0.2) is 0 Å². The minimum atomic E-state index is 0.337. The molecule has 2 nitrogen and oxygen atoms in total. The molecule has 1 unspecified atom stereocenters. The van der Waals surface area contributed by atoms with E-state index in [1.165, 1.54) is 12.8 Å². The molecule has 0 aromatic carbocycles. The van der Waals surface area contributed by atoms with Gasteiger partial charge in [-0.05, 0) is 25.5 Å². The van der Waals surface area contributed by atoms with Crippen molar-refractivity contribution in [3.8, 4) is 0 Å². The van der Waals surface area contributed by atoms with Gasteiger partial charge in [-0.3, -0.25) is 4.79 Å². The average molecular weight is 280 g/mol. The molecule has 1 rings (SSSR count). The zero-order valence-electron chi connectivity index (χ0n) is 8.67. The minimum Gasteiger partial charge on any atom is -0.339 e. The van der Waals surface area contributed by atoms with Crippen molar-refractivity contribution in [2.45, 2.75) is 31.7 Å². The molecule has 14 heavy (non-hydrogen) atoms. The van der Waals surface area contributed by atoms with Crippen LogP contribution < -0.4 is 0 Å². The molecular formula is C10H18BrNOS. The Morgan fingerprint density at radius 1 is 1.57 bits per heavy atom. The van der Waals surface area contributed by atoms with E-state index >= 15 is 0 Å². The number of amides is 1. The molecular weight excluding hydrogens is 262 g/mol. The van der Waals surface area contributed by atoms with Crippen LogP contribution in [0.25, 0.3) is 0 Å². The van der Waals surface area contributed by atoms with Gasteiger partial charge in [0.1, 0.15) is 0 Å². The molecule has 0 aromatic heterocycles. The van der Waals surface area contributed by atoms with Gasteiger partial charge in [0.05, 0.1) is 0 Å². The Labute approximate surface area is 98.9 Å². The van der Waals surface area contributed by atoms with Gasteiger partial charge in [-0.25, -0.2) is 0 Å². The Hall–Kier alpha value is 0.300. The molecule has 1 fully saturated rings. The Balaban J connectivity index is 2.41. The SMILES string of the molecule is CSCCC(=O)N1CCCCC1CBr. The van der Waals surface area contributed by atoms with Crippen LogP contribution in [0.2, 0.25) is 0 Å². The largest absolute Gasteiger partial charge is 0.339 e. The molecule has 1 heterocycles. The first-order valence-electron chi connectivity index (χ1n) is 5.14. The highest BCUT2D eigenvalue weighted by atomic mass is 79.9. The number of piperidine rings is 1. The van der Waals surface area contributed by atoms with E-state index in [1.807, 2.05) is 6.26 Å². The highest BCUT2D eigenvalue weighted by Gasteiger charge is 2.24. The normalized spacial score (nSPS) is 22.4. The number of carbonyl (C=O) groups excluding carboxylic acids is 1. The molecule has 0 aliphatic carbocycles. The molecule has 0 radical (unpaired) electrons. The van der Waals surface area contributed by atoms with Gasteiger partial charge in [-0.2, -0.15) is 11.8 Å². The van der Waals surface area contributed by atoms with Crippen LogP contribution in [0.4, 0.5) is 0 Å². The summed E-state index contributed by atoms with van der Waals surface area (Å²) < 4.78 is 0. The second-order valence-corrected chi connectivity index (χ2v) is 5.27. The van der Waals surface area contributed by atoms with Crippen molar-refractivity contribution < 1.29 is 4.79 Å². The van der Waals surface area contributed by atoms with Gasteiger partial charge >= 0.3 is 0 Å². The van der Waals surface area contributed by atoms with Gasteiger partial charge in [-0.1, -0.05) is 15.9 Å². The molecule has 1 atom stereocenters. The minimum absolute atomic E-state index is 0.337. The maximum Gasteiger partial charge on any atom is 0.223 e. The van der Waals surface area contributed by atoms with Gasteiger partial charge in [0.25, 0.3) is 0 Å². The van der Waals surface area contributed by atoms with E-state index in [9.17, 15) is 4.79 Å². The predicted molar refractivity (Wildman–Crippen MR) is 66.1 cm³/mol. The Morgan fingerprint density at radius 2 is 2.36 bits per heavy atom. The number of likely N-dealkylation sites (tertiary alicyclic amines) is 1. The summed E-state index contributed by atoms with van der Waals surface area (Å²) in [6.45, 7) is 0.962. The van der Waals surface area contributed by atoms with E-state index in [0.29, 0.717) is 18.4 Å². The van der Waals surface area contributed by atoms with E-state index in [1.54, 1.807) is 11.8 Å². The van der Waals surface area contributed by atoms with Crippen molar-refractivity contribution >= 4 is 33.6 Å². The molecule has 0 aromatic rings. The molecule has 1 aliphatic rings. The average Bonchev–Trinajstić information content (AvgIpc) is 2.25. The number of hydrogen-bond acceptors (Lipinski definition) is 2. The Bertz CT molecular complexity index is 189. The monoisotopic (exact) mass is 279 g/mol. The Morgan fingerprint density at radius 3 is 3.00 bits per heavy atom. The maximum atomic E-state index is 11.8. The number of hydrogen-bond donors (Lipinski definition) is 0. The number of carbonyl (C=O) groups is 1. The van der Waals surface area contributed by atoms with Crippen LogP contribution in [0.1, 0.15) is 25.7 Å². The van der Waals surface area contributed by atoms with Crippen molar-refractivity contribution in [2.24, 2.45) is 0 Å². The highest BCUT2D eigenvalue weighted by Crippen LogP contribution is 2.19. The van der Waals surface area contributed by atoms with E-state index in [0.717, 1.165) is 24.0 Å². The van der Waals surface area contributed by atoms with Crippen molar-refractivity contribution in [3.63, 3.8) is 0 Å². The van der Waals surface area contributed by atoms with Gasteiger partial charge in [0.2, 0.25) is 5.91 Å². The summed E-state index contributed by atoms with van der Waals surface area (Å²) in [5.74, 6) is 1.29. The third-order valence-electron chi connectivity index (χ3n) is 2.65. The van der Waals surface area contributed by atoms with E-state index in [-0.39, 0.29) is 0 Å². The third kappa shape index (κ3) is 3.46. The summed E-state index contributed by atoms with van der Waals surface area (Å²) in [5, 5.41) is 0.929. The van der Waals surface area contributed by atoms with Crippen LogP contribution in [-0.4, -0.2) is 40.7 Å². The second-order valence-electron chi connectivity index (χ2n) is 3.63.